The molecule has 2 atom stereocenters. The average Bonchev–Trinajstić information content (AvgIpc) is 1.96. The molecule has 0 aromatic heterocycles. The maximum atomic E-state index is 6.18. The van der Waals surface area contributed by atoms with E-state index in [2.05, 4.69) is 63.0 Å². The Labute approximate surface area is 115 Å². The molecule has 1 nitrogen and oxygen atoms in total. The molecule has 1 aliphatic rings. The summed E-state index contributed by atoms with van der Waals surface area (Å²) in [6.45, 7) is 14.1. The zero-order valence-electron chi connectivity index (χ0n) is 11.4. The second-order valence-corrected chi connectivity index (χ2v) is 12.7. The summed E-state index contributed by atoms with van der Waals surface area (Å²) in [5.41, 5.74) is 0. The fourth-order valence-corrected chi connectivity index (χ4v) is 7.89. The number of hydrogen-bond donors (Lipinski definition) is 0. The van der Waals surface area contributed by atoms with Crippen molar-refractivity contribution in [1.29, 1.82) is 0 Å². The Kier molecular flexibility index (Phi) is 5.08. The maximum absolute atomic E-state index is 6.18. The van der Waals surface area contributed by atoms with E-state index >= 15 is 0 Å². The second kappa shape index (κ2) is 5.53. The van der Waals surface area contributed by atoms with E-state index in [-0.39, 0.29) is 0 Å². The van der Waals surface area contributed by atoms with Crippen LogP contribution in [0.3, 0.4) is 0 Å². The Hall–Kier alpha value is 0.647. The number of halogens is 1. The summed E-state index contributed by atoms with van der Waals surface area (Å²) in [4.78, 5) is 0. The van der Waals surface area contributed by atoms with Crippen molar-refractivity contribution in [2.24, 2.45) is 5.92 Å². The van der Waals surface area contributed by atoms with Crippen LogP contribution in [0.5, 0.6) is 0 Å². The fourth-order valence-electron chi connectivity index (χ4n) is 2.43. The quantitative estimate of drug-likeness (QED) is 0.525. The summed E-state index contributed by atoms with van der Waals surface area (Å²) in [5.74, 6) is 0.714. The molecule has 0 radical (unpaired) electrons. The number of hydrogen-bond acceptors (Lipinski definition) is 1. The third kappa shape index (κ3) is 3.84. The Morgan fingerprint density at radius 1 is 1.38 bits per heavy atom. The first-order valence-electron chi connectivity index (χ1n) is 6.26. The van der Waals surface area contributed by atoms with Gasteiger partial charge in [0, 0.05) is 6.42 Å². The van der Waals surface area contributed by atoms with E-state index in [1.54, 1.807) is 8.78 Å². The van der Waals surface area contributed by atoms with Crippen molar-refractivity contribution in [3.8, 4) is 0 Å². The third-order valence-electron chi connectivity index (χ3n) is 2.97. The van der Waals surface area contributed by atoms with Crippen LogP contribution < -0.4 is 0 Å². The van der Waals surface area contributed by atoms with Crippen LogP contribution in [0.25, 0.3) is 0 Å². The molecule has 3 heteroatoms. The van der Waals surface area contributed by atoms with Gasteiger partial charge in [-0.2, -0.15) is 0 Å². The Bertz CT molecular complexity index is 278. The Balaban J connectivity index is 2.99. The van der Waals surface area contributed by atoms with Crippen LogP contribution in [0.15, 0.2) is 8.78 Å². The molecule has 0 aliphatic carbocycles. The molecular formula is C13H25IOSi. The summed E-state index contributed by atoms with van der Waals surface area (Å²) >= 11 is 2.56. The first-order valence-corrected chi connectivity index (χ1v) is 10.8. The van der Waals surface area contributed by atoms with Crippen LogP contribution >= 0.6 is 22.6 Å². The first-order chi connectivity index (χ1) is 7.21. The molecule has 16 heavy (non-hydrogen) atoms. The summed E-state index contributed by atoms with van der Waals surface area (Å²) in [6, 6.07) is 0. The highest BCUT2D eigenvalue weighted by Gasteiger charge is 2.34. The smallest absolute Gasteiger partial charge is 0.0767 e. The van der Waals surface area contributed by atoms with Crippen molar-refractivity contribution in [3.63, 3.8) is 0 Å². The van der Waals surface area contributed by atoms with Gasteiger partial charge in [-0.15, -0.1) is 0 Å². The minimum Gasteiger partial charge on any atom is -0.371 e. The lowest BCUT2D eigenvalue weighted by molar-refractivity contribution is 0.00330. The lowest BCUT2D eigenvalue weighted by atomic mass is 10.0. The van der Waals surface area contributed by atoms with E-state index in [1.165, 1.54) is 6.42 Å². The van der Waals surface area contributed by atoms with E-state index in [9.17, 15) is 0 Å². The molecule has 1 heterocycles. The summed E-state index contributed by atoms with van der Waals surface area (Å²) in [6.07, 6.45) is 3.09. The van der Waals surface area contributed by atoms with E-state index in [4.69, 9.17) is 4.74 Å². The SMILES string of the molecule is CC(C)C[C@H]1O[C@@H](C)CC(I)=C1[Si](C)(C)C. The van der Waals surface area contributed by atoms with Gasteiger partial charge in [-0.05, 0) is 50.6 Å². The van der Waals surface area contributed by atoms with Gasteiger partial charge in [0.1, 0.15) is 0 Å². The zero-order valence-corrected chi connectivity index (χ0v) is 14.6. The van der Waals surface area contributed by atoms with Crippen molar-refractivity contribution in [1.82, 2.24) is 0 Å². The van der Waals surface area contributed by atoms with Crippen molar-refractivity contribution in [2.75, 3.05) is 0 Å². The monoisotopic (exact) mass is 352 g/mol. The summed E-state index contributed by atoms with van der Waals surface area (Å²) in [5, 5.41) is 1.67. The summed E-state index contributed by atoms with van der Waals surface area (Å²) < 4.78 is 7.76. The van der Waals surface area contributed by atoms with Gasteiger partial charge in [0.2, 0.25) is 0 Å². The lowest BCUT2D eigenvalue weighted by Crippen LogP contribution is -2.40. The third-order valence-corrected chi connectivity index (χ3v) is 6.74. The molecule has 0 N–H and O–H groups in total. The predicted octanol–water partition coefficient (Wildman–Crippen LogP) is 4.78. The normalized spacial score (nSPS) is 27.8. The van der Waals surface area contributed by atoms with Gasteiger partial charge >= 0.3 is 0 Å². The van der Waals surface area contributed by atoms with Crippen LogP contribution in [0.2, 0.25) is 19.6 Å². The van der Waals surface area contributed by atoms with Gasteiger partial charge in [0.15, 0.2) is 0 Å². The molecular weight excluding hydrogens is 327 g/mol. The molecule has 0 saturated heterocycles. The second-order valence-electron chi connectivity index (χ2n) is 6.34. The zero-order chi connectivity index (χ0) is 12.5. The predicted molar refractivity (Wildman–Crippen MR) is 82.8 cm³/mol. The Morgan fingerprint density at radius 3 is 2.38 bits per heavy atom. The molecule has 0 fully saturated rings. The van der Waals surface area contributed by atoms with Gasteiger partial charge in [-0.1, -0.05) is 33.5 Å². The van der Waals surface area contributed by atoms with Crippen LogP contribution in [-0.2, 0) is 4.74 Å². The van der Waals surface area contributed by atoms with E-state index in [0.717, 1.165) is 6.42 Å². The van der Waals surface area contributed by atoms with Gasteiger partial charge in [0.05, 0.1) is 20.3 Å². The topological polar surface area (TPSA) is 9.23 Å². The molecule has 0 bridgehead atoms. The lowest BCUT2D eigenvalue weighted by Gasteiger charge is -2.37. The minimum absolute atomic E-state index is 0.391. The number of rotatable bonds is 3. The maximum Gasteiger partial charge on any atom is 0.0767 e. The molecule has 1 aliphatic heterocycles. The molecule has 0 saturated carbocycles. The standard InChI is InChI=1S/C13H25IOSi/c1-9(2)7-12-13(16(4,5)6)11(14)8-10(3)15-12/h9-10,12H,7-8H2,1-6H3/t10-,12+/m0/s1. The Morgan fingerprint density at radius 2 is 1.94 bits per heavy atom. The largest absolute Gasteiger partial charge is 0.371 e. The van der Waals surface area contributed by atoms with E-state index < -0.39 is 8.07 Å². The van der Waals surface area contributed by atoms with Crippen LogP contribution in [-0.4, -0.2) is 20.3 Å². The minimum atomic E-state index is -1.23. The molecule has 0 aromatic rings. The molecule has 1 rings (SSSR count). The first kappa shape index (κ1) is 14.7. The van der Waals surface area contributed by atoms with Gasteiger partial charge < -0.3 is 4.74 Å². The highest BCUT2D eigenvalue weighted by atomic mass is 127. The van der Waals surface area contributed by atoms with Gasteiger partial charge in [0.25, 0.3) is 0 Å². The number of ether oxygens (including phenoxy) is 1. The molecule has 0 spiro atoms. The van der Waals surface area contributed by atoms with Crippen LogP contribution in [0, 0.1) is 5.92 Å². The van der Waals surface area contributed by atoms with Crippen molar-refractivity contribution < 1.29 is 4.74 Å². The highest BCUT2D eigenvalue weighted by Crippen LogP contribution is 2.37. The van der Waals surface area contributed by atoms with E-state index in [1.807, 2.05) is 0 Å². The van der Waals surface area contributed by atoms with Gasteiger partial charge in [-0.25, -0.2) is 0 Å². The van der Waals surface area contributed by atoms with Crippen molar-refractivity contribution >= 4 is 30.7 Å². The molecule has 0 aromatic carbocycles. The van der Waals surface area contributed by atoms with Crippen molar-refractivity contribution in [2.45, 2.75) is 65.5 Å². The van der Waals surface area contributed by atoms with Gasteiger partial charge in [-0.3, -0.25) is 0 Å². The molecule has 0 amide bonds. The van der Waals surface area contributed by atoms with Crippen LogP contribution in [0.1, 0.15) is 33.6 Å². The van der Waals surface area contributed by atoms with E-state index in [0.29, 0.717) is 18.1 Å². The van der Waals surface area contributed by atoms with Crippen LogP contribution in [0.4, 0.5) is 0 Å². The molecule has 94 valence electrons. The fraction of sp³-hybridized carbons (Fsp3) is 0.846. The molecule has 0 unspecified atom stereocenters. The average molecular weight is 352 g/mol. The highest BCUT2D eigenvalue weighted by molar-refractivity contribution is 14.1. The summed E-state index contributed by atoms with van der Waals surface area (Å²) in [7, 11) is -1.23. The van der Waals surface area contributed by atoms with Crippen molar-refractivity contribution in [3.05, 3.63) is 8.78 Å².